The number of aliphatic carboxylic acids is 1. The highest BCUT2D eigenvalue weighted by Gasteiger charge is 2.50. The Balaban J connectivity index is 1.54. The Morgan fingerprint density at radius 1 is 1.24 bits per heavy atom. The number of methoxy groups -OCH3 is 1. The lowest BCUT2D eigenvalue weighted by Crippen LogP contribution is -2.36. The first-order valence-electron chi connectivity index (χ1n) is 10.3. The molecule has 1 saturated heterocycles. The Bertz CT molecular complexity index is 748. The summed E-state index contributed by atoms with van der Waals surface area (Å²) in [6.45, 7) is 3.40. The molecule has 0 radical (unpaired) electrons. The number of nitrogens with zero attached hydrogens (tertiary/aromatic N) is 1. The predicted molar refractivity (Wildman–Crippen MR) is 107 cm³/mol. The van der Waals surface area contributed by atoms with Crippen LogP contribution < -0.4 is 10.1 Å². The number of carbonyl (C=O) groups is 3. The summed E-state index contributed by atoms with van der Waals surface area (Å²) in [7, 11) is 1.64. The highest BCUT2D eigenvalue weighted by atomic mass is 16.5. The minimum atomic E-state index is -0.969. The quantitative estimate of drug-likeness (QED) is 0.659. The van der Waals surface area contributed by atoms with E-state index in [0.717, 1.165) is 18.6 Å². The predicted octanol–water partition coefficient (Wildman–Crippen LogP) is 2.09. The van der Waals surface area contributed by atoms with Crippen molar-refractivity contribution in [3.63, 3.8) is 0 Å². The number of carboxylic acid groups (broad SMARTS) is 1. The topological polar surface area (TPSA) is 95.9 Å². The number of carboxylic acids is 1. The Kier molecular flexibility index (Phi) is 6.77. The molecule has 7 heteroatoms. The molecule has 29 heavy (non-hydrogen) atoms. The van der Waals surface area contributed by atoms with E-state index in [2.05, 4.69) is 12.2 Å². The molecule has 2 amide bonds. The fourth-order valence-corrected chi connectivity index (χ4v) is 4.81. The van der Waals surface area contributed by atoms with Crippen LogP contribution in [0.5, 0.6) is 5.75 Å². The summed E-state index contributed by atoms with van der Waals surface area (Å²) in [6.07, 6.45) is 2.14. The number of rotatable bonds is 9. The monoisotopic (exact) mass is 402 g/mol. The van der Waals surface area contributed by atoms with Gasteiger partial charge in [-0.1, -0.05) is 19.1 Å². The van der Waals surface area contributed by atoms with Gasteiger partial charge in [-0.25, -0.2) is 0 Å². The molecule has 1 aromatic rings. The van der Waals surface area contributed by atoms with Crippen molar-refractivity contribution in [2.75, 3.05) is 20.2 Å². The first kappa shape index (κ1) is 21.1. The van der Waals surface area contributed by atoms with Gasteiger partial charge in [-0.2, -0.15) is 0 Å². The third-order valence-corrected chi connectivity index (χ3v) is 6.42. The number of hydrogen-bond acceptors (Lipinski definition) is 4. The zero-order valence-corrected chi connectivity index (χ0v) is 17.1. The number of hydrogen-bond donors (Lipinski definition) is 2. The number of fused-ring (bicyclic) bond motifs is 1. The Labute approximate surface area is 171 Å². The normalized spacial score (nSPS) is 25.7. The van der Waals surface area contributed by atoms with E-state index in [1.165, 1.54) is 5.56 Å². The van der Waals surface area contributed by atoms with Crippen molar-refractivity contribution >= 4 is 17.8 Å². The molecular formula is C22H30N2O5. The number of amides is 2. The largest absolute Gasteiger partial charge is 0.497 e. The average Bonchev–Trinajstić information content (AvgIpc) is 3.16. The second kappa shape index (κ2) is 9.29. The number of likely N-dealkylation sites (tertiary alicyclic amines) is 1. The van der Waals surface area contributed by atoms with Gasteiger partial charge in [0.05, 0.1) is 13.5 Å². The average molecular weight is 402 g/mol. The van der Waals surface area contributed by atoms with Crippen LogP contribution in [-0.2, 0) is 20.8 Å². The van der Waals surface area contributed by atoms with E-state index in [0.29, 0.717) is 25.4 Å². The van der Waals surface area contributed by atoms with E-state index < -0.39 is 5.97 Å². The van der Waals surface area contributed by atoms with Gasteiger partial charge in [-0.15, -0.1) is 0 Å². The molecule has 158 valence electrons. The van der Waals surface area contributed by atoms with E-state index in [1.807, 2.05) is 29.2 Å². The maximum absolute atomic E-state index is 12.6. The highest BCUT2D eigenvalue weighted by molar-refractivity contribution is 5.81. The van der Waals surface area contributed by atoms with Gasteiger partial charge in [0.25, 0.3) is 0 Å². The minimum absolute atomic E-state index is 0.00253. The fourth-order valence-electron chi connectivity index (χ4n) is 4.81. The lowest BCUT2D eigenvalue weighted by Gasteiger charge is -2.24. The Morgan fingerprint density at radius 2 is 1.97 bits per heavy atom. The highest BCUT2D eigenvalue weighted by Crippen LogP contribution is 2.45. The lowest BCUT2D eigenvalue weighted by atomic mass is 9.88. The molecule has 4 atom stereocenters. The van der Waals surface area contributed by atoms with Gasteiger partial charge in [0.1, 0.15) is 5.75 Å². The fraction of sp³-hybridized carbons (Fsp3) is 0.591. The van der Waals surface area contributed by atoms with Gasteiger partial charge in [-0.05, 0) is 48.3 Å². The number of nitrogens with one attached hydrogen (secondary N) is 1. The molecule has 7 nitrogen and oxygen atoms in total. The molecule has 0 bridgehead atoms. The van der Waals surface area contributed by atoms with Gasteiger partial charge in [0.2, 0.25) is 11.8 Å². The zero-order valence-electron chi connectivity index (χ0n) is 17.1. The summed E-state index contributed by atoms with van der Waals surface area (Å²) >= 11 is 0. The molecular weight excluding hydrogens is 372 g/mol. The van der Waals surface area contributed by atoms with Crippen molar-refractivity contribution in [2.24, 2.45) is 17.8 Å². The van der Waals surface area contributed by atoms with Gasteiger partial charge in [0.15, 0.2) is 0 Å². The van der Waals surface area contributed by atoms with E-state index >= 15 is 0 Å². The van der Waals surface area contributed by atoms with Crippen LogP contribution in [-0.4, -0.2) is 54.0 Å². The molecule has 2 fully saturated rings. The van der Waals surface area contributed by atoms with Crippen molar-refractivity contribution in [1.29, 1.82) is 0 Å². The van der Waals surface area contributed by atoms with Gasteiger partial charge in [0, 0.05) is 32.0 Å². The van der Waals surface area contributed by atoms with Gasteiger partial charge >= 0.3 is 5.97 Å². The van der Waals surface area contributed by atoms with Crippen LogP contribution >= 0.6 is 0 Å². The summed E-state index contributed by atoms with van der Waals surface area (Å²) in [4.78, 5) is 37.1. The van der Waals surface area contributed by atoms with E-state index in [-0.39, 0.29) is 42.5 Å². The first-order valence-corrected chi connectivity index (χ1v) is 10.3. The van der Waals surface area contributed by atoms with Crippen LogP contribution in [0.1, 0.15) is 38.2 Å². The standard InChI is InChI=1S/C22H30N2O5/c1-14-11-19-17(18(14)13-23-20(25)7-8-22(27)28)12-21(26)24(19)10-9-15-3-5-16(29-2)6-4-15/h3-6,14,17-19H,7-13H2,1-2H3,(H,23,25)(H,27,28)/t14-,17-,18+,19+/m0/s1. The molecule has 2 aliphatic rings. The first-order chi connectivity index (χ1) is 13.9. The molecule has 1 saturated carbocycles. The molecule has 3 rings (SSSR count). The van der Waals surface area contributed by atoms with Crippen LogP contribution in [0.3, 0.4) is 0 Å². The second-order valence-corrected chi connectivity index (χ2v) is 8.20. The third kappa shape index (κ3) is 5.08. The maximum Gasteiger partial charge on any atom is 0.303 e. The van der Waals surface area contributed by atoms with Gasteiger partial charge in [-0.3, -0.25) is 14.4 Å². The van der Waals surface area contributed by atoms with E-state index in [1.54, 1.807) is 7.11 Å². The summed E-state index contributed by atoms with van der Waals surface area (Å²) in [6, 6.07) is 8.17. The van der Waals surface area contributed by atoms with Crippen molar-refractivity contribution in [1.82, 2.24) is 10.2 Å². The summed E-state index contributed by atoms with van der Waals surface area (Å²) < 4.78 is 5.19. The summed E-state index contributed by atoms with van der Waals surface area (Å²) in [5, 5.41) is 11.6. The van der Waals surface area contributed by atoms with Crippen LogP contribution in [0.4, 0.5) is 0 Å². The molecule has 2 N–H and O–H groups in total. The molecule has 0 aromatic heterocycles. The SMILES string of the molecule is COc1ccc(CCN2C(=O)C[C@H]3[C@H](CNC(=O)CCC(=O)O)[C@@H](C)C[C@H]32)cc1. The lowest BCUT2D eigenvalue weighted by molar-refractivity contribution is -0.138. The van der Waals surface area contributed by atoms with Gasteiger partial charge < -0.3 is 20.1 Å². The second-order valence-electron chi connectivity index (χ2n) is 8.20. The van der Waals surface area contributed by atoms with Crippen molar-refractivity contribution in [3.8, 4) is 5.75 Å². The molecule has 1 aliphatic carbocycles. The Hall–Kier alpha value is -2.57. The number of benzene rings is 1. The van der Waals surface area contributed by atoms with Crippen molar-refractivity contribution in [2.45, 2.75) is 45.1 Å². The molecule has 1 heterocycles. The summed E-state index contributed by atoms with van der Waals surface area (Å²) in [5.41, 5.74) is 1.18. The van der Waals surface area contributed by atoms with E-state index in [4.69, 9.17) is 9.84 Å². The Morgan fingerprint density at radius 3 is 2.62 bits per heavy atom. The smallest absolute Gasteiger partial charge is 0.303 e. The van der Waals surface area contributed by atoms with Crippen LogP contribution in [0.15, 0.2) is 24.3 Å². The van der Waals surface area contributed by atoms with Crippen molar-refractivity contribution in [3.05, 3.63) is 29.8 Å². The molecule has 1 aromatic carbocycles. The summed E-state index contributed by atoms with van der Waals surface area (Å²) in [5.74, 6) is 0.747. The van der Waals surface area contributed by atoms with Crippen LogP contribution in [0.2, 0.25) is 0 Å². The molecule has 0 spiro atoms. The van der Waals surface area contributed by atoms with Crippen LogP contribution in [0.25, 0.3) is 0 Å². The van der Waals surface area contributed by atoms with E-state index in [9.17, 15) is 14.4 Å². The number of carbonyl (C=O) groups excluding carboxylic acids is 2. The molecule has 0 unspecified atom stereocenters. The minimum Gasteiger partial charge on any atom is -0.497 e. The maximum atomic E-state index is 12.6. The van der Waals surface area contributed by atoms with Crippen molar-refractivity contribution < 1.29 is 24.2 Å². The number of ether oxygens (including phenoxy) is 1. The zero-order chi connectivity index (χ0) is 21.0. The molecule has 1 aliphatic heterocycles. The third-order valence-electron chi connectivity index (χ3n) is 6.42. The van der Waals surface area contributed by atoms with Crippen LogP contribution in [0, 0.1) is 17.8 Å².